The fraction of sp³-hybridized carbons (Fsp3) is 0.161. The molecule has 4 aromatic carbocycles. The third-order valence-corrected chi connectivity index (χ3v) is 7.84. The first-order valence-corrected chi connectivity index (χ1v) is 14.4. The molecule has 0 spiro atoms. The molecular weight excluding hydrogens is 566 g/mol. The lowest BCUT2D eigenvalue weighted by Gasteiger charge is -2.22. The standard InChI is InChI=1S/C31H28F2N2O6S/c1-3-4-17-41-24-11-13-25(14-12-24)42(39,40)34-22-8-5-20(6-9-22)30(36)21-7-16-29(26(18-21)31(37)38)35(2)23-10-15-27(32)28(33)19-23/h5-16,18-19,34H,3-4,17H2,1-2H3,(H,37,38). The zero-order chi connectivity index (χ0) is 30.4. The van der Waals surface area contributed by atoms with Crippen molar-refractivity contribution in [1.29, 1.82) is 0 Å². The molecule has 0 bridgehead atoms. The highest BCUT2D eigenvalue weighted by Gasteiger charge is 2.20. The van der Waals surface area contributed by atoms with Crippen molar-refractivity contribution < 1.29 is 36.6 Å². The predicted molar refractivity (Wildman–Crippen MR) is 155 cm³/mol. The molecule has 0 radical (unpaired) electrons. The van der Waals surface area contributed by atoms with Gasteiger partial charge in [-0.1, -0.05) is 13.3 Å². The van der Waals surface area contributed by atoms with Crippen LogP contribution in [0.25, 0.3) is 0 Å². The van der Waals surface area contributed by atoms with E-state index in [2.05, 4.69) is 4.72 Å². The number of nitrogens with one attached hydrogen (secondary N) is 1. The van der Waals surface area contributed by atoms with Crippen LogP contribution in [-0.4, -0.2) is 38.9 Å². The van der Waals surface area contributed by atoms with Crippen LogP contribution in [-0.2, 0) is 10.0 Å². The van der Waals surface area contributed by atoms with Gasteiger partial charge in [-0.05, 0) is 85.3 Å². The molecule has 4 rings (SSSR count). The highest BCUT2D eigenvalue weighted by atomic mass is 32.2. The molecule has 2 N–H and O–H groups in total. The topological polar surface area (TPSA) is 113 Å². The molecule has 0 saturated carbocycles. The molecule has 0 heterocycles. The van der Waals surface area contributed by atoms with Crippen LogP contribution in [0.5, 0.6) is 5.75 Å². The van der Waals surface area contributed by atoms with Gasteiger partial charge in [-0.2, -0.15) is 0 Å². The number of unbranched alkanes of at least 4 members (excludes halogenated alkanes) is 1. The first kappa shape index (κ1) is 30.2. The molecule has 0 aromatic heterocycles. The Balaban J connectivity index is 1.50. The Hall–Kier alpha value is -4.77. The van der Waals surface area contributed by atoms with Gasteiger partial charge < -0.3 is 14.7 Å². The zero-order valence-corrected chi connectivity index (χ0v) is 23.6. The first-order valence-electron chi connectivity index (χ1n) is 13.0. The number of sulfonamides is 1. The van der Waals surface area contributed by atoms with Crippen molar-refractivity contribution in [2.45, 2.75) is 24.7 Å². The number of nitrogens with zero attached hydrogens (tertiary/aromatic N) is 1. The number of carboxylic acids is 1. The summed E-state index contributed by atoms with van der Waals surface area (Å²) in [6.07, 6.45) is 1.87. The maximum atomic E-state index is 13.7. The maximum Gasteiger partial charge on any atom is 0.337 e. The van der Waals surface area contributed by atoms with Gasteiger partial charge in [0.25, 0.3) is 10.0 Å². The maximum absolute atomic E-state index is 13.7. The van der Waals surface area contributed by atoms with Crippen molar-refractivity contribution in [3.8, 4) is 5.75 Å². The van der Waals surface area contributed by atoms with E-state index >= 15 is 0 Å². The Labute approximate surface area is 242 Å². The number of carboxylic acid groups (broad SMARTS) is 1. The van der Waals surface area contributed by atoms with E-state index < -0.39 is 33.4 Å². The minimum absolute atomic E-state index is 0.0418. The number of carbonyl (C=O) groups is 2. The van der Waals surface area contributed by atoms with Crippen LogP contribution in [0.1, 0.15) is 46.0 Å². The summed E-state index contributed by atoms with van der Waals surface area (Å²) in [5.41, 5.74) is 0.651. The minimum Gasteiger partial charge on any atom is -0.494 e. The summed E-state index contributed by atoms with van der Waals surface area (Å²) in [7, 11) is -2.41. The lowest BCUT2D eigenvalue weighted by atomic mass is 9.99. The molecular formula is C31H28F2N2O6S. The highest BCUT2D eigenvalue weighted by Crippen LogP contribution is 2.30. The first-order chi connectivity index (χ1) is 20.0. The quantitative estimate of drug-likeness (QED) is 0.140. The average molecular weight is 595 g/mol. The number of benzene rings is 4. The number of rotatable bonds is 12. The van der Waals surface area contributed by atoms with Crippen molar-refractivity contribution in [3.05, 3.63) is 113 Å². The van der Waals surface area contributed by atoms with E-state index in [1.54, 1.807) is 12.1 Å². The summed E-state index contributed by atoms with van der Waals surface area (Å²) in [5, 5.41) is 9.79. The lowest BCUT2D eigenvalue weighted by Crippen LogP contribution is -2.15. The summed E-state index contributed by atoms with van der Waals surface area (Å²) in [4.78, 5) is 26.6. The molecule has 0 saturated heterocycles. The largest absolute Gasteiger partial charge is 0.494 e. The van der Waals surface area contributed by atoms with Crippen molar-refractivity contribution in [1.82, 2.24) is 0 Å². The molecule has 0 fully saturated rings. The van der Waals surface area contributed by atoms with Gasteiger partial charge in [-0.3, -0.25) is 9.52 Å². The van der Waals surface area contributed by atoms with Crippen molar-refractivity contribution in [3.63, 3.8) is 0 Å². The van der Waals surface area contributed by atoms with E-state index in [0.29, 0.717) is 12.4 Å². The molecule has 0 amide bonds. The van der Waals surface area contributed by atoms with E-state index in [-0.39, 0.29) is 38.6 Å². The van der Waals surface area contributed by atoms with Gasteiger partial charge in [0, 0.05) is 35.6 Å². The molecule has 0 aliphatic rings. The summed E-state index contributed by atoms with van der Waals surface area (Å²) < 4.78 is 60.8. The molecule has 0 atom stereocenters. The van der Waals surface area contributed by atoms with Gasteiger partial charge in [-0.25, -0.2) is 22.0 Å². The molecule has 0 aliphatic heterocycles. The molecule has 0 unspecified atom stereocenters. The fourth-order valence-corrected chi connectivity index (χ4v) is 5.15. The van der Waals surface area contributed by atoms with Gasteiger partial charge in [-0.15, -0.1) is 0 Å². The van der Waals surface area contributed by atoms with Gasteiger partial charge in [0.1, 0.15) is 5.75 Å². The second kappa shape index (κ2) is 12.8. The predicted octanol–water partition coefficient (Wildman–Crippen LogP) is 6.64. The number of aromatic carboxylic acids is 1. The van der Waals surface area contributed by atoms with Crippen LogP contribution >= 0.6 is 0 Å². The van der Waals surface area contributed by atoms with Gasteiger partial charge in [0.15, 0.2) is 17.4 Å². The Morgan fingerprint density at radius 2 is 1.55 bits per heavy atom. The van der Waals surface area contributed by atoms with Crippen LogP contribution in [0.15, 0.2) is 89.8 Å². The molecule has 0 aliphatic carbocycles. The SMILES string of the molecule is CCCCOc1ccc(S(=O)(=O)Nc2ccc(C(=O)c3ccc(N(C)c4ccc(F)c(F)c4)c(C(=O)O)c3)cc2)cc1. The summed E-state index contributed by atoms with van der Waals surface area (Å²) >= 11 is 0. The van der Waals surface area contributed by atoms with E-state index in [1.165, 1.54) is 72.6 Å². The van der Waals surface area contributed by atoms with E-state index in [0.717, 1.165) is 25.0 Å². The Kier molecular flexibility index (Phi) is 9.21. The average Bonchev–Trinajstić information content (AvgIpc) is 2.98. The van der Waals surface area contributed by atoms with Gasteiger partial charge in [0.2, 0.25) is 0 Å². The van der Waals surface area contributed by atoms with Crippen LogP contribution < -0.4 is 14.4 Å². The second-order valence-corrected chi connectivity index (χ2v) is 11.1. The van der Waals surface area contributed by atoms with Crippen LogP contribution in [0.2, 0.25) is 0 Å². The Morgan fingerprint density at radius 3 is 2.17 bits per heavy atom. The summed E-state index contributed by atoms with van der Waals surface area (Å²) in [5.74, 6) is -3.36. The van der Waals surface area contributed by atoms with Gasteiger partial charge in [0.05, 0.1) is 22.8 Å². The van der Waals surface area contributed by atoms with Crippen molar-refractivity contribution in [2.24, 2.45) is 0 Å². The third kappa shape index (κ3) is 6.92. The lowest BCUT2D eigenvalue weighted by molar-refractivity contribution is 0.0697. The second-order valence-electron chi connectivity index (χ2n) is 9.38. The van der Waals surface area contributed by atoms with Crippen molar-refractivity contribution in [2.75, 3.05) is 23.3 Å². The smallest absolute Gasteiger partial charge is 0.337 e. The normalized spacial score (nSPS) is 11.1. The number of hydrogen-bond acceptors (Lipinski definition) is 6. The number of anilines is 3. The number of ketones is 1. The number of ether oxygens (including phenoxy) is 1. The zero-order valence-electron chi connectivity index (χ0n) is 22.8. The monoisotopic (exact) mass is 594 g/mol. The summed E-state index contributed by atoms with van der Waals surface area (Å²) in [6, 6.07) is 18.9. The van der Waals surface area contributed by atoms with E-state index in [4.69, 9.17) is 4.74 Å². The van der Waals surface area contributed by atoms with E-state index in [9.17, 15) is 31.9 Å². The molecule has 42 heavy (non-hydrogen) atoms. The van der Waals surface area contributed by atoms with E-state index in [1.807, 2.05) is 6.92 Å². The highest BCUT2D eigenvalue weighted by molar-refractivity contribution is 7.92. The molecule has 218 valence electrons. The summed E-state index contributed by atoms with van der Waals surface area (Å²) in [6.45, 7) is 2.59. The Bertz CT molecular complexity index is 1710. The molecule has 8 nitrogen and oxygen atoms in total. The molecule has 11 heteroatoms. The van der Waals surface area contributed by atoms with Gasteiger partial charge >= 0.3 is 5.97 Å². The molecule has 4 aromatic rings. The fourth-order valence-electron chi connectivity index (χ4n) is 4.09. The Morgan fingerprint density at radius 1 is 0.881 bits per heavy atom. The van der Waals surface area contributed by atoms with Crippen LogP contribution in [0.4, 0.5) is 25.8 Å². The third-order valence-electron chi connectivity index (χ3n) is 6.44. The van der Waals surface area contributed by atoms with Crippen molar-refractivity contribution >= 4 is 38.8 Å². The number of carbonyl (C=O) groups excluding carboxylic acids is 1. The number of hydrogen-bond donors (Lipinski definition) is 2. The van der Waals surface area contributed by atoms with Crippen LogP contribution in [0.3, 0.4) is 0 Å². The van der Waals surface area contributed by atoms with Crippen LogP contribution in [0, 0.1) is 11.6 Å². The minimum atomic E-state index is -3.90. The number of halogens is 2.